The van der Waals surface area contributed by atoms with Gasteiger partial charge in [-0.25, -0.2) is 0 Å². The van der Waals surface area contributed by atoms with E-state index in [0.717, 1.165) is 25.9 Å². The summed E-state index contributed by atoms with van der Waals surface area (Å²) in [5.41, 5.74) is 0. The average Bonchev–Trinajstić information content (AvgIpc) is 3.12. The van der Waals surface area contributed by atoms with Gasteiger partial charge in [-0.15, -0.1) is 0 Å². The molecule has 140 valence electrons. The molecule has 3 heteroatoms. The largest absolute Gasteiger partial charge is 0.391 e. The molecular formula is C21H40N2O. The number of hydrogen-bond donors (Lipinski definition) is 1. The van der Waals surface area contributed by atoms with Crippen LogP contribution < -0.4 is 0 Å². The van der Waals surface area contributed by atoms with Crippen LogP contribution in [0.4, 0.5) is 0 Å². The van der Waals surface area contributed by atoms with Crippen LogP contribution in [0.3, 0.4) is 0 Å². The van der Waals surface area contributed by atoms with Crippen molar-refractivity contribution < 1.29 is 5.11 Å². The van der Waals surface area contributed by atoms with Gasteiger partial charge >= 0.3 is 0 Å². The number of aliphatic imine (C=N–C) groups is 1. The van der Waals surface area contributed by atoms with E-state index < -0.39 is 0 Å². The molecule has 0 aromatic heterocycles. The molecule has 0 aromatic carbocycles. The monoisotopic (exact) mass is 336 g/mol. The zero-order chi connectivity index (χ0) is 17.5. The van der Waals surface area contributed by atoms with E-state index in [1.807, 2.05) is 13.3 Å². The van der Waals surface area contributed by atoms with E-state index in [4.69, 9.17) is 0 Å². The van der Waals surface area contributed by atoms with Crippen LogP contribution in [0.25, 0.3) is 0 Å². The summed E-state index contributed by atoms with van der Waals surface area (Å²) < 4.78 is 0. The highest BCUT2D eigenvalue weighted by molar-refractivity contribution is 5.58. The van der Waals surface area contributed by atoms with Crippen molar-refractivity contribution in [1.29, 1.82) is 0 Å². The Morgan fingerprint density at radius 2 is 1.62 bits per heavy atom. The van der Waals surface area contributed by atoms with Gasteiger partial charge in [0.15, 0.2) is 0 Å². The number of aliphatic hydroxyl groups is 1. The van der Waals surface area contributed by atoms with Crippen LogP contribution in [0, 0.1) is 0 Å². The number of aliphatic hydroxyl groups excluding tert-OH is 1. The van der Waals surface area contributed by atoms with Crippen molar-refractivity contribution in [1.82, 2.24) is 4.90 Å². The van der Waals surface area contributed by atoms with Gasteiger partial charge in [0.1, 0.15) is 0 Å². The summed E-state index contributed by atoms with van der Waals surface area (Å²) in [7, 11) is 0. The molecule has 1 rings (SSSR count). The Kier molecular flexibility index (Phi) is 12.8. The topological polar surface area (TPSA) is 35.8 Å². The first-order valence-corrected chi connectivity index (χ1v) is 10.4. The van der Waals surface area contributed by atoms with Gasteiger partial charge in [0.05, 0.1) is 25.0 Å². The zero-order valence-corrected chi connectivity index (χ0v) is 16.1. The molecule has 0 aromatic rings. The number of allylic oxidation sites excluding steroid dienone is 1. The normalized spacial score (nSPS) is 17.0. The third kappa shape index (κ3) is 9.46. The highest BCUT2D eigenvalue weighted by Crippen LogP contribution is 2.14. The summed E-state index contributed by atoms with van der Waals surface area (Å²) in [5.74, 6) is 0. The van der Waals surface area contributed by atoms with Crippen molar-refractivity contribution in [2.75, 3.05) is 13.1 Å². The molecule has 1 N–H and O–H groups in total. The molecule has 0 bridgehead atoms. The van der Waals surface area contributed by atoms with Gasteiger partial charge in [-0.1, -0.05) is 83.8 Å². The Morgan fingerprint density at radius 3 is 2.17 bits per heavy atom. The van der Waals surface area contributed by atoms with Crippen molar-refractivity contribution in [3.63, 3.8) is 0 Å². The van der Waals surface area contributed by atoms with Gasteiger partial charge in [0.2, 0.25) is 0 Å². The molecule has 0 saturated carbocycles. The van der Waals surface area contributed by atoms with Gasteiger partial charge in [0.25, 0.3) is 0 Å². The number of rotatable bonds is 15. The summed E-state index contributed by atoms with van der Waals surface area (Å²) in [4.78, 5) is 6.44. The van der Waals surface area contributed by atoms with Crippen molar-refractivity contribution >= 4 is 6.34 Å². The molecule has 2 atom stereocenters. The first-order chi connectivity index (χ1) is 11.8. The highest BCUT2D eigenvalue weighted by atomic mass is 16.3. The predicted molar refractivity (Wildman–Crippen MR) is 106 cm³/mol. The minimum absolute atomic E-state index is 0.101. The summed E-state index contributed by atoms with van der Waals surface area (Å²) in [6.07, 6.45) is 21.8. The molecular weight excluding hydrogens is 296 g/mol. The summed E-state index contributed by atoms with van der Waals surface area (Å²) in [6, 6.07) is 0.101. The molecule has 2 unspecified atom stereocenters. The Bertz CT molecular complexity index is 341. The predicted octanol–water partition coefficient (Wildman–Crippen LogP) is 5.34. The fourth-order valence-corrected chi connectivity index (χ4v) is 3.31. The van der Waals surface area contributed by atoms with Crippen LogP contribution >= 0.6 is 0 Å². The van der Waals surface area contributed by atoms with E-state index in [1.165, 1.54) is 64.2 Å². The minimum atomic E-state index is -0.293. The zero-order valence-electron chi connectivity index (χ0n) is 16.1. The molecule has 3 nitrogen and oxygen atoms in total. The summed E-state index contributed by atoms with van der Waals surface area (Å²) in [6.45, 7) is 6.11. The number of nitrogens with zero attached hydrogens (tertiary/aromatic N) is 2. The van der Waals surface area contributed by atoms with Gasteiger partial charge in [-0.05, 0) is 19.3 Å². The maximum Gasteiger partial charge on any atom is 0.0857 e. The standard InChI is InChI=1S/C21H40N2O/c1-3-5-6-7-8-9-10-11-12-13-14-15-16-20(21(24)4-2)23-18-17-22-19-23/h15-16,19-21,24H,3-14,17-18H2,1-2H3. The second-order valence-electron chi connectivity index (χ2n) is 7.12. The lowest BCUT2D eigenvalue weighted by Crippen LogP contribution is -2.40. The van der Waals surface area contributed by atoms with Crippen LogP contribution in [0.5, 0.6) is 0 Å². The van der Waals surface area contributed by atoms with Crippen LogP contribution in [-0.2, 0) is 0 Å². The third-order valence-electron chi connectivity index (χ3n) is 4.97. The lowest BCUT2D eigenvalue weighted by Gasteiger charge is -2.28. The average molecular weight is 337 g/mol. The quantitative estimate of drug-likeness (QED) is 0.324. The van der Waals surface area contributed by atoms with E-state index in [-0.39, 0.29) is 12.1 Å². The highest BCUT2D eigenvalue weighted by Gasteiger charge is 2.21. The molecule has 0 aliphatic carbocycles. The fraction of sp³-hybridized carbons (Fsp3) is 0.857. The Hall–Kier alpha value is -0.830. The van der Waals surface area contributed by atoms with E-state index in [2.05, 4.69) is 29.0 Å². The summed E-state index contributed by atoms with van der Waals surface area (Å²) >= 11 is 0. The van der Waals surface area contributed by atoms with Crippen molar-refractivity contribution in [3.05, 3.63) is 12.2 Å². The van der Waals surface area contributed by atoms with E-state index in [9.17, 15) is 5.11 Å². The molecule has 24 heavy (non-hydrogen) atoms. The lowest BCUT2D eigenvalue weighted by atomic mass is 10.0. The van der Waals surface area contributed by atoms with Crippen molar-refractivity contribution in [2.24, 2.45) is 4.99 Å². The van der Waals surface area contributed by atoms with Crippen LogP contribution in [-0.4, -0.2) is 41.6 Å². The molecule has 1 aliphatic heterocycles. The van der Waals surface area contributed by atoms with Gasteiger partial charge in [-0.2, -0.15) is 0 Å². The van der Waals surface area contributed by atoms with Crippen LogP contribution in [0.1, 0.15) is 90.9 Å². The number of hydrogen-bond acceptors (Lipinski definition) is 3. The van der Waals surface area contributed by atoms with Gasteiger partial charge in [-0.3, -0.25) is 4.99 Å². The first-order valence-electron chi connectivity index (χ1n) is 10.4. The minimum Gasteiger partial charge on any atom is -0.391 e. The molecule has 1 heterocycles. The van der Waals surface area contributed by atoms with Crippen molar-refractivity contribution in [3.8, 4) is 0 Å². The molecule has 0 amide bonds. The summed E-state index contributed by atoms with van der Waals surface area (Å²) in [5, 5.41) is 10.2. The lowest BCUT2D eigenvalue weighted by molar-refractivity contribution is 0.109. The van der Waals surface area contributed by atoms with Crippen LogP contribution in [0.15, 0.2) is 17.1 Å². The second-order valence-corrected chi connectivity index (χ2v) is 7.12. The first kappa shape index (κ1) is 21.2. The van der Waals surface area contributed by atoms with E-state index in [1.54, 1.807) is 0 Å². The third-order valence-corrected chi connectivity index (χ3v) is 4.97. The molecule has 0 fully saturated rings. The van der Waals surface area contributed by atoms with E-state index in [0.29, 0.717) is 0 Å². The van der Waals surface area contributed by atoms with Crippen LogP contribution in [0.2, 0.25) is 0 Å². The van der Waals surface area contributed by atoms with E-state index >= 15 is 0 Å². The Morgan fingerprint density at radius 1 is 1.00 bits per heavy atom. The molecule has 1 aliphatic rings. The Labute approximate surface area is 150 Å². The second kappa shape index (κ2) is 14.5. The number of unbranched alkanes of at least 4 members (excludes halogenated alkanes) is 10. The van der Waals surface area contributed by atoms with Gasteiger partial charge in [0, 0.05) is 6.54 Å². The Balaban J connectivity index is 2.03. The fourth-order valence-electron chi connectivity index (χ4n) is 3.31. The SMILES string of the molecule is CCCCCCCCCCCCC=CC(C(O)CC)N1C=NCC1. The van der Waals surface area contributed by atoms with Gasteiger partial charge < -0.3 is 10.0 Å². The maximum atomic E-state index is 10.2. The molecule has 0 spiro atoms. The molecule has 0 radical (unpaired) electrons. The van der Waals surface area contributed by atoms with Crippen molar-refractivity contribution in [2.45, 2.75) is 103 Å². The molecule has 0 saturated heterocycles. The smallest absolute Gasteiger partial charge is 0.0857 e. The maximum absolute atomic E-state index is 10.2.